The molecule has 13 heavy (non-hydrogen) atoms. The first-order valence-electron chi connectivity index (χ1n) is 4.90. The number of carbonyl (C=O) groups is 1. The van der Waals surface area contributed by atoms with Gasteiger partial charge in [-0.25, -0.2) is 4.79 Å². The second kappa shape index (κ2) is 5.19. The van der Waals surface area contributed by atoms with Crippen molar-refractivity contribution in [2.45, 2.75) is 44.6 Å². The summed E-state index contributed by atoms with van der Waals surface area (Å²) < 4.78 is 0. The van der Waals surface area contributed by atoms with Crippen molar-refractivity contribution in [3.8, 4) is 0 Å². The zero-order valence-corrected chi connectivity index (χ0v) is 7.87. The van der Waals surface area contributed by atoms with Gasteiger partial charge in [-0.3, -0.25) is 0 Å². The van der Waals surface area contributed by atoms with E-state index in [1.807, 2.05) is 0 Å². The molecule has 0 unspecified atom stereocenters. The second-order valence-electron chi connectivity index (χ2n) is 3.78. The van der Waals surface area contributed by atoms with Gasteiger partial charge >= 0.3 is 5.97 Å². The number of hydrogen-bond acceptors (Lipinski definition) is 4. The molecule has 0 aromatic carbocycles. The average molecular weight is 186 g/mol. The lowest BCUT2D eigenvalue weighted by Gasteiger charge is -2.23. The molecular formula is C9H18N2O2. The van der Waals surface area contributed by atoms with Crippen molar-refractivity contribution in [1.29, 1.82) is 0 Å². The van der Waals surface area contributed by atoms with Crippen LogP contribution in [0, 0.1) is 5.92 Å². The average Bonchev–Trinajstić information content (AvgIpc) is 2.18. The van der Waals surface area contributed by atoms with Gasteiger partial charge in [0, 0.05) is 0 Å². The molecule has 0 aromatic rings. The highest BCUT2D eigenvalue weighted by atomic mass is 16.7. The van der Waals surface area contributed by atoms with Crippen LogP contribution in [0.2, 0.25) is 0 Å². The van der Waals surface area contributed by atoms with Crippen LogP contribution in [0.5, 0.6) is 0 Å². The molecule has 76 valence electrons. The zero-order chi connectivity index (χ0) is 9.68. The van der Waals surface area contributed by atoms with E-state index >= 15 is 0 Å². The van der Waals surface area contributed by atoms with Crippen molar-refractivity contribution in [2.24, 2.45) is 17.5 Å². The largest absolute Gasteiger partial charge is 0.372 e. The lowest BCUT2D eigenvalue weighted by Crippen LogP contribution is -2.36. The summed E-state index contributed by atoms with van der Waals surface area (Å²) in [5.74, 6) is 4.84. The maximum absolute atomic E-state index is 10.9. The fraction of sp³-hybridized carbons (Fsp3) is 0.889. The highest BCUT2D eigenvalue weighted by molar-refractivity contribution is 5.75. The molecule has 1 saturated carbocycles. The summed E-state index contributed by atoms with van der Waals surface area (Å²) in [6.07, 6.45) is 6.92. The molecule has 0 aliphatic heterocycles. The maximum atomic E-state index is 10.9. The first-order chi connectivity index (χ1) is 6.24. The second-order valence-corrected chi connectivity index (χ2v) is 3.78. The predicted octanol–water partition coefficient (Wildman–Crippen LogP) is 0.701. The first kappa shape index (κ1) is 10.5. The SMILES string of the molecule is NOC(=O)[C@@H](N)CC1CCCCC1. The van der Waals surface area contributed by atoms with Crippen LogP contribution in [0.15, 0.2) is 0 Å². The molecule has 1 rings (SSSR count). The summed E-state index contributed by atoms with van der Waals surface area (Å²) in [6, 6.07) is -0.534. The van der Waals surface area contributed by atoms with Crippen LogP contribution in [0.25, 0.3) is 0 Å². The third-order valence-corrected chi connectivity index (χ3v) is 2.73. The Morgan fingerprint density at radius 1 is 1.38 bits per heavy atom. The molecule has 0 saturated heterocycles. The summed E-state index contributed by atoms with van der Waals surface area (Å²) in [4.78, 5) is 15.0. The van der Waals surface area contributed by atoms with Gasteiger partial charge < -0.3 is 10.6 Å². The van der Waals surface area contributed by atoms with Crippen LogP contribution < -0.4 is 11.6 Å². The van der Waals surface area contributed by atoms with Crippen LogP contribution >= 0.6 is 0 Å². The van der Waals surface area contributed by atoms with Crippen molar-refractivity contribution >= 4 is 5.97 Å². The van der Waals surface area contributed by atoms with Crippen LogP contribution in [0.1, 0.15) is 38.5 Å². The van der Waals surface area contributed by atoms with Gasteiger partial charge in [-0.1, -0.05) is 32.1 Å². The first-order valence-corrected chi connectivity index (χ1v) is 4.90. The summed E-state index contributed by atoms with van der Waals surface area (Å²) in [5, 5.41) is 0. The molecule has 0 bridgehead atoms. The van der Waals surface area contributed by atoms with Crippen molar-refractivity contribution in [3.05, 3.63) is 0 Å². The molecule has 0 amide bonds. The lowest BCUT2D eigenvalue weighted by molar-refractivity contribution is -0.146. The Kier molecular flexibility index (Phi) is 4.18. The van der Waals surface area contributed by atoms with E-state index in [0.29, 0.717) is 5.92 Å². The third kappa shape index (κ3) is 3.32. The topological polar surface area (TPSA) is 78.3 Å². The summed E-state index contributed by atoms with van der Waals surface area (Å²) in [5.41, 5.74) is 5.60. The van der Waals surface area contributed by atoms with E-state index < -0.39 is 12.0 Å². The van der Waals surface area contributed by atoms with Crippen molar-refractivity contribution in [3.63, 3.8) is 0 Å². The number of rotatable bonds is 3. The molecule has 1 aliphatic rings. The van der Waals surface area contributed by atoms with E-state index in [-0.39, 0.29) is 0 Å². The molecule has 1 atom stereocenters. The molecule has 1 fully saturated rings. The van der Waals surface area contributed by atoms with Gasteiger partial charge in [0.05, 0.1) is 0 Å². The van der Waals surface area contributed by atoms with Gasteiger partial charge in [-0.05, 0) is 12.3 Å². The van der Waals surface area contributed by atoms with Gasteiger partial charge in [0.15, 0.2) is 0 Å². The predicted molar refractivity (Wildman–Crippen MR) is 49.4 cm³/mol. The standard InChI is InChI=1S/C9H18N2O2/c10-8(9(12)13-11)6-7-4-2-1-3-5-7/h7-8H,1-6,10-11H2/t8-/m0/s1. The molecule has 0 aromatic heterocycles. The summed E-state index contributed by atoms with van der Waals surface area (Å²) in [7, 11) is 0. The Morgan fingerprint density at radius 3 is 2.54 bits per heavy atom. The molecule has 0 radical (unpaired) electrons. The molecule has 0 heterocycles. The lowest BCUT2D eigenvalue weighted by atomic mass is 9.85. The van der Waals surface area contributed by atoms with E-state index in [1.165, 1.54) is 32.1 Å². The fourth-order valence-electron chi connectivity index (χ4n) is 1.97. The molecular weight excluding hydrogens is 168 g/mol. The Balaban J connectivity index is 2.25. The number of carbonyl (C=O) groups excluding carboxylic acids is 1. The van der Waals surface area contributed by atoms with Gasteiger partial charge in [0.2, 0.25) is 0 Å². The summed E-state index contributed by atoms with van der Waals surface area (Å²) in [6.45, 7) is 0. The number of nitrogens with two attached hydrogens (primary N) is 2. The molecule has 0 spiro atoms. The Hall–Kier alpha value is -0.610. The fourth-order valence-corrected chi connectivity index (χ4v) is 1.97. The van der Waals surface area contributed by atoms with Crippen molar-refractivity contribution in [1.82, 2.24) is 0 Å². The maximum Gasteiger partial charge on any atom is 0.341 e. The van der Waals surface area contributed by atoms with Gasteiger partial charge in [0.25, 0.3) is 0 Å². The Labute approximate surface area is 78.6 Å². The van der Waals surface area contributed by atoms with Crippen molar-refractivity contribution in [2.75, 3.05) is 0 Å². The van der Waals surface area contributed by atoms with Gasteiger partial charge in [0.1, 0.15) is 6.04 Å². The summed E-state index contributed by atoms with van der Waals surface area (Å²) >= 11 is 0. The van der Waals surface area contributed by atoms with E-state index in [2.05, 4.69) is 4.84 Å². The third-order valence-electron chi connectivity index (χ3n) is 2.73. The molecule has 1 aliphatic carbocycles. The monoisotopic (exact) mass is 186 g/mol. The van der Waals surface area contributed by atoms with Crippen LogP contribution in [-0.4, -0.2) is 12.0 Å². The normalized spacial score (nSPS) is 21.1. The Bertz CT molecular complexity index is 167. The molecule has 4 nitrogen and oxygen atoms in total. The Morgan fingerprint density at radius 2 is 2.00 bits per heavy atom. The minimum absolute atomic E-state index is 0.495. The van der Waals surface area contributed by atoms with Crippen molar-refractivity contribution < 1.29 is 9.63 Å². The smallest absolute Gasteiger partial charge is 0.341 e. The minimum Gasteiger partial charge on any atom is -0.372 e. The van der Waals surface area contributed by atoms with Crippen LogP contribution in [0.4, 0.5) is 0 Å². The molecule has 4 N–H and O–H groups in total. The highest BCUT2D eigenvalue weighted by Gasteiger charge is 2.21. The van der Waals surface area contributed by atoms with Crippen LogP contribution in [0.3, 0.4) is 0 Å². The zero-order valence-electron chi connectivity index (χ0n) is 7.87. The quantitative estimate of drug-likeness (QED) is 0.636. The van der Waals surface area contributed by atoms with E-state index in [4.69, 9.17) is 11.6 Å². The number of hydrogen-bond donors (Lipinski definition) is 2. The van der Waals surface area contributed by atoms with E-state index in [0.717, 1.165) is 6.42 Å². The van der Waals surface area contributed by atoms with Crippen LogP contribution in [-0.2, 0) is 9.63 Å². The molecule has 4 heteroatoms. The van der Waals surface area contributed by atoms with E-state index in [9.17, 15) is 4.79 Å². The minimum atomic E-state index is -0.534. The van der Waals surface area contributed by atoms with Gasteiger partial charge in [-0.15, -0.1) is 0 Å². The van der Waals surface area contributed by atoms with E-state index in [1.54, 1.807) is 0 Å². The van der Waals surface area contributed by atoms with Gasteiger partial charge in [-0.2, -0.15) is 5.90 Å². The highest BCUT2D eigenvalue weighted by Crippen LogP contribution is 2.26.